The van der Waals surface area contributed by atoms with E-state index in [0.717, 1.165) is 12.8 Å². The number of hydrogen-bond acceptors (Lipinski definition) is 3. The highest BCUT2D eigenvalue weighted by molar-refractivity contribution is 6.06. The van der Waals surface area contributed by atoms with Crippen LogP contribution in [0.2, 0.25) is 0 Å². The molecule has 2 heterocycles. The first-order valence-electron chi connectivity index (χ1n) is 8.79. The Labute approximate surface area is 131 Å². The van der Waals surface area contributed by atoms with Crippen molar-refractivity contribution >= 4 is 11.8 Å². The molecule has 0 aromatic carbocycles. The third-order valence-electron chi connectivity index (χ3n) is 6.43. The predicted molar refractivity (Wildman–Crippen MR) is 81.9 cm³/mol. The van der Waals surface area contributed by atoms with Crippen molar-refractivity contribution in [1.29, 1.82) is 0 Å². The van der Waals surface area contributed by atoms with E-state index in [0.29, 0.717) is 6.54 Å². The summed E-state index contributed by atoms with van der Waals surface area (Å²) in [6.45, 7) is 6.24. The van der Waals surface area contributed by atoms with Crippen LogP contribution in [0.25, 0.3) is 0 Å². The van der Waals surface area contributed by atoms with Crippen LogP contribution in [0, 0.1) is 23.7 Å². The van der Waals surface area contributed by atoms with Crippen molar-refractivity contribution in [2.24, 2.45) is 23.7 Å². The number of carbonyl (C=O) groups excluding carboxylic acids is 2. The molecule has 2 saturated carbocycles. The lowest BCUT2D eigenvalue weighted by Crippen LogP contribution is -2.37. The van der Waals surface area contributed by atoms with E-state index in [2.05, 4.69) is 13.5 Å². The maximum atomic E-state index is 12.7. The van der Waals surface area contributed by atoms with Gasteiger partial charge in [0.1, 0.15) is 0 Å². The minimum absolute atomic E-state index is 0.0254. The zero-order chi connectivity index (χ0) is 15.5. The number of nitrogens with zero attached hydrogens (tertiary/aromatic N) is 1. The molecule has 0 spiro atoms. The number of ether oxygens (including phenoxy) is 1. The van der Waals surface area contributed by atoms with Crippen molar-refractivity contribution in [3.05, 3.63) is 12.7 Å². The molecule has 0 aromatic heterocycles. The fourth-order valence-electron chi connectivity index (χ4n) is 5.52. The van der Waals surface area contributed by atoms with Gasteiger partial charge in [-0.3, -0.25) is 14.5 Å². The quantitative estimate of drug-likeness (QED) is 0.314. The molecule has 6 unspecified atom stereocenters. The fraction of sp³-hybridized carbons (Fsp3) is 0.778. The Morgan fingerprint density at radius 1 is 1.27 bits per heavy atom. The average molecular weight is 303 g/mol. The third kappa shape index (κ3) is 1.67. The highest BCUT2D eigenvalue weighted by Gasteiger charge is 2.80. The summed E-state index contributed by atoms with van der Waals surface area (Å²) in [5, 5.41) is 0. The van der Waals surface area contributed by atoms with Crippen LogP contribution in [0.5, 0.6) is 0 Å². The van der Waals surface area contributed by atoms with E-state index >= 15 is 0 Å². The molecule has 2 aliphatic carbocycles. The lowest BCUT2D eigenvalue weighted by atomic mass is 9.73. The van der Waals surface area contributed by atoms with Crippen LogP contribution in [0.3, 0.4) is 0 Å². The van der Waals surface area contributed by atoms with Gasteiger partial charge in [-0.1, -0.05) is 38.7 Å². The number of rotatable bonds is 7. The number of imide groups is 1. The van der Waals surface area contributed by atoms with Crippen LogP contribution in [0.15, 0.2) is 12.7 Å². The molecule has 22 heavy (non-hydrogen) atoms. The molecule has 4 aliphatic rings. The number of unbranched alkanes of at least 4 members (excludes halogenated alkanes) is 3. The molecule has 4 heteroatoms. The zero-order valence-corrected chi connectivity index (χ0v) is 13.3. The second kappa shape index (κ2) is 4.92. The van der Waals surface area contributed by atoms with Gasteiger partial charge in [-0.2, -0.15) is 0 Å². The number of fused-ring (bicyclic) bond motifs is 8. The second-order valence-corrected chi connectivity index (χ2v) is 7.44. The van der Waals surface area contributed by atoms with Gasteiger partial charge in [0.2, 0.25) is 11.8 Å². The smallest absolute Gasteiger partial charge is 0.233 e. The van der Waals surface area contributed by atoms with E-state index in [1.807, 2.05) is 0 Å². The molecule has 2 amide bonds. The Bertz CT molecular complexity index is 530. The summed E-state index contributed by atoms with van der Waals surface area (Å²) in [5.41, 5.74) is -0.0558. The molecule has 0 radical (unpaired) electrons. The number of epoxide rings is 1. The third-order valence-corrected chi connectivity index (χ3v) is 6.43. The first kappa shape index (κ1) is 14.4. The molecule has 2 saturated heterocycles. The van der Waals surface area contributed by atoms with Crippen molar-refractivity contribution in [2.75, 3.05) is 6.54 Å². The summed E-state index contributed by atoms with van der Waals surface area (Å²) in [6.07, 6.45) is 8.93. The Kier molecular flexibility index (Phi) is 3.23. The van der Waals surface area contributed by atoms with Crippen molar-refractivity contribution in [3.8, 4) is 0 Å². The molecule has 0 N–H and O–H groups in total. The summed E-state index contributed by atoms with van der Waals surface area (Å²) in [4.78, 5) is 26.6. The second-order valence-electron chi connectivity index (χ2n) is 7.44. The van der Waals surface area contributed by atoms with Crippen molar-refractivity contribution in [1.82, 2.24) is 4.90 Å². The summed E-state index contributed by atoms with van der Waals surface area (Å²) >= 11 is 0. The minimum Gasteiger partial charge on any atom is -0.365 e. The monoisotopic (exact) mass is 303 g/mol. The number of amides is 2. The van der Waals surface area contributed by atoms with E-state index in [4.69, 9.17) is 4.74 Å². The van der Waals surface area contributed by atoms with Crippen molar-refractivity contribution < 1.29 is 14.3 Å². The summed E-state index contributed by atoms with van der Waals surface area (Å²) in [5.74, 6) is 0.408. The van der Waals surface area contributed by atoms with Crippen LogP contribution in [-0.4, -0.2) is 35.0 Å². The highest BCUT2D eigenvalue weighted by Crippen LogP contribution is 2.71. The fourth-order valence-corrected chi connectivity index (χ4v) is 5.52. The van der Waals surface area contributed by atoms with Gasteiger partial charge in [-0.15, -0.1) is 6.58 Å². The molecule has 6 atom stereocenters. The molecule has 2 bridgehead atoms. The largest absolute Gasteiger partial charge is 0.365 e. The highest BCUT2D eigenvalue weighted by atomic mass is 16.6. The molecule has 120 valence electrons. The molecule has 4 rings (SSSR count). The molecular weight excluding hydrogens is 278 g/mol. The van der Waals surface area contributed by atoms with Gasteiger partial charge in [-0.25, -0.2) is 0 Å². The standard InChI is InChI=1S/C18H25NO3/c1-3-5-6-7-8-18-12-10-11(15(18)22-18)13-14(12)17(21)19(9-4-2)16(13)20/h4,11-15H,2-3,5-10H2,1H3. The van der Waals surface area contributed by atoms with Crippen molar-refractivity contribution in [2.45, 2.75) is 57.2 Å². The molecule has 4 nitrogen and oxygen atoms in total. The van der Waals surface area contributed by atoms with Crippen LogP contribution >= 0.6 is 0 Å². The first-order valence-corrected chi connectivity index (χ1v) is 8.79. The van der Waals surface area contributed by atoms with E-state index in [9.17, 15) is 9.59 Å². The molecule has 0 aromatic rings. The maximum Gasteiger partial charge on any atom is 0.233 e. The van der Waals surface area contributed by atoms with Crippen LogP contribution in [-0.2, 0) is 14.3 Å². The first-order chi connectivity index (χ1) is 10.7. The normalized spacial score (nSPS) is 44.4. The van der Waals surface area contributed by atoms with E-state index in [1.165, 1.54) is 30.6 Å². The van der Waals surface area contributed by atoms with Gasteiger partial charge in [-0.05, 0) is 12.8 Å². The van der Waals surface area contributed by atoms with E-state index in [-0.39, 0.29) is 47.2 Å². The van der Waals surface area contributed by atoms with E-state index < -0.39 is 0 Å². The Morgan fingerprint density at radius 3 is 2.77 bits per heavy atom. The average Bonchev–Trinajstić information content (AvgIpc) is 2.91. The Balaban J connectivity index is 1.50. The minimum atomic E-state index is -0.109. The van der Waals surface area contributed by atoms with Crippen molar-refractivity contribution in [3.63, 3.8) is 0 Å². The SMILES string of the molecule is C=CCN1C(=O)C2C3CC(C2C1=O)C1(CCCCCC)OC31. The molecule has 4 fully saturated rings. The number of likely N-dealkylation sites (tertiary alicyclic amines) is 1. The van der Waals surface area contributed by atoms with Crippen LogP contribution in [0.1, 0.15) is 45.4 Å². The topological polar surface area (TPSA) is 49.9 Å². The Hall–Kier alpha value is -1.16. The van der Waals surface area contributed by atoms with Gasteiger partial charge in [0.15, 0.2) is 0 Å². The van der Waals surface area contributed by atoms with Gasteiger partial charge < -0.3 is 4.74 Å². The van der Waals surface area contributed by atoms with Gasteiger partial charge >= 0.3 is 0 Å². The lowest BCUT2D eigenvalue weighted by Gasteiger charge is -2.25. The summed E-state index contributed by atoms with van der Waals surface area (Å²) < 4.78 is 6.09. The van der Waals surface area contributed by atoms with E-state index in [1.54, 1.807) is 6.08 Å². The predicted octanol–water partition coefficient (Wildman–Crippen LogP) is 2.53. The van der Waals surface area contributed by atoms with Gasteiger partial charge in [0.25, 0.3) is 0 Å². The zero-order valence-electron chi connectivity index (χ0n) is 13.3. The van der Waals surface area contributed by atoms with Gasteiger partial charge in [0.05, 0.1) is 23.5 Å². The summed E-state index contributed by atoms with van der Waals surface area (Å²) in [7, 11) is 0. The van der Waals surface area contributed by atoms with Crippen LogP contribution < -0.4 is 0 Å². The molecule has 2 aliphatic heterocycles. The molecular formula is C18H25NO3. The number of hydrogen-bond donors (Lipinski definition) is 0. The summed E-state index contributed by atoms with van der Waals surface area (Å²) in [6, 6.07) is 0. The number of carbonyl (C=O) groups is 2. The van der Waals surface area contributed by atoms with Gasteiger partial charge in [0, 0.05) is 18.4 Å². The maximum absolute atomic E-state index is 12.7. The lowest BCUT2D eigenvalue weighted by molar-refractivity contribution is -0.140. The van der Waals surface area contributed by atoms with Crippen LogP contribution in [0.4, 0.5) is 0 Å². The Morgan fingerprint density at radius 2 is 2.05 bits per heavy atom.